The summed E-state index contributed by atoms with van der Waals surface area (Å²) in [6, 6.07) is 11.7. The smallest absolute Gasteiger partial charge is 0.251 e. The van der Waals surface area contributed by atoms with E-state index >= 15 is 0 Å². The van der Waals surface area contributed by atoms with Crippen LogP contribution < -0.4 is 10.0 Å². The lowest BCUT2D eigenvalue weighted by molar-refractivity contribution is 0.0954. The highest BCUT2D eigenvalue weighted by Gasteiger charge is 2.15. The van der Waals surface area contributed by atoms with E-state index in [2.05, 4.69) is 10.0 Å². The third kappa shape index (κ3) is 5.65. The maximum absolute atomic E-state index is 13.1. The van der Waals surface area contributed by atoms with Crippen LogP contribution >= 0.6 is 0 Å². The fourth-order valence-corrected chi connectivity index (χ4v) is 3.53. The number of sulfonamides is 1. The summed E-state index contributed by atoms with van der Waals surface area (Å²) >= 11 is 0. The van der Waals surface area contributed by atoms with Crippen LogP contribution in [0.1, 0.15) is 29.8 Å². The number of amides is 1. The van der Waals surface area contributed by atoms with Crippen molar-refractivity contribution >= 4 is 15.9 Å². The Morgan fingerprint density at radius 3 is 2.40 bits per heavy atom. The Morgan fingerprint density at radius 2 is 1.80 bits per heavy atom. The van der Waals surface area contributed by atoms with Gasteiger partial charge in [0, 0.05) is 18.2 Å². The molecule has 0 unspecified atom stereocenters. The van der Waals surface area contributed by atoms with Crippen molar-refractivity contribution in [1.82, 2.24) is 10.0 Å². The first kappa shape index (κ1) is 19.1. The Hall–Kier alpha value is -2.25. The molecule has 0 spiro atoms. The predicted molar refractivity (Wildman–Crippen MR) is 94.3 cm³/mol. The summed E-state index contributed by atoms with van der Waals surface area (Å²) in [5, 5.41) is 2.73. The molecule has 0 aliphatic rings. The van der Waals surface area contributed by atoms with Crippen LogP contribution in [0, 0.1) is 5.82 Å². The number of hydrogen-bond donors (Lipinski definition) is 2. The molecule has 2 aromatic carbocycles. The second kappa shape index (κ2) is 8.22. The topological polar surface area (TPSA) is 75.3 Å². The van der Waals surface area contributed by atoms with Gasteiger partial charge in [-0.05, 0) is 62.2 Å². The van der Waals surface area contributed by atoms with Crippen LogP contribution in [-0.4, -0.2) is 26.9 Å². The monoisotopic (exact) mass is 364 g/mol. The molecule has 5 nitrogen and oxygen atoms in total. The summed E-state index contributed by atoms with van der Waals surface area (Å²) < 4.78 is 39.6. The molecule has 25 heavy (non-hydrogen) atoms. The maximum Gasteiger partial charge on any atom is 0.251 e. The zero-order chi connectivity index (χ0) is 18.4. The largest absolute Gasteiger partial charge is 0.352 e. The van der Waals surface area contributed by atoms with Crippen LogP contribution in [-0.2, 0) is 16.4 Å². The molecule has 0 heterocycles. The SMILES string of the molecule is CC(C)NS(=O)(=O)c1ccc(C(=O)NCCc2cccc(F)c2)cc1. The van der Waals surface area contributed by atoms with E-state index in [9.17, 15) is 17.6 Å². The quantitative estimate of drug-likeness (QED) is 0.793. The van der Waals surface area contributed by atoms with E-state index in [1.807, 2.05) is 0 Å². The number of hydrogen-bond acceptors (Lipinski definition) is 3. The molecule has 2 aromatic rings. The molecule has 0 saturated heterocycles. The molecular weight excluding hydrogens is 343 g/mol. The molecule has 0 aliphatic carbocycles. The van der Waals surface area contributed by atoms with E-state index in [1.54, 1.807) is 26.0 Å². The molecule has 2 N–H and O–H groups in total. The van der Waals surface area contributed by atoms with Gasteiger partial charge in [0.2, 0.25) is 10.0 Å². The van der Waals surface area contributed by atoms with Crippen LogP contribution in [0.3, 0.4) is 0 Å². The average molecular weight is 364 g/mol. The minimum absolute atomic E-state index is 0.109. The standard InChI is InChI=1S/C18H21FN2O3S/c1-13(2)21-25(23,24)17-8-6-15(7-9-17)18(22)20-11-10-14-4-3-5-16(19)12-14/h3-9,12-13,21H,10-11H2,1-2H3,(H,20,22). The molecule has 134 valence electrons. The van der Waals surface area contributed by atoms with E-state index in [1.165, 1.54) is 36.4 Å². The summed E-state index contributed by atoms with van der Waals surface area (Å²) in [6.07, 6.45) is 0.508. The third-order valence-electron chi connectivity index (χ3n) is 3.41. The van der Waals surface area contributed by atoms with Gasteiger partial charge < -0.3 is 5.32 Å². The van der Waals surface area contributed by atoms with E-state index < -0.39 is 10.0 Å². The number of carbonyl (C=O) groups excluding carboxylic acids is 1. The van der Waals surface area contributed by atoms with Crippen LogP contribution in [0.4, 0.5) is 4.39 Å². The molecule has 7 heteroatoms. The highest BCUT2D eigenvalue weighted by molar-refractivity contribution is 7.89. The second-order valence-electron chi connectivity index (χ2n) is 5.94. The molecule has 1 amide bonds. The van der Waals surface area contributed by atoms with Gasteiger partial charge in [0.25, 0.3) is 5.91 Å². The van der Waals surface area contributed by atoms with Gasteiger partial charge in [0.05, 0.1) is 4.90 Å². The van der Waals surface area contributed by atoms with Gasteiger partial charge in [-0.15, -0.1) is 0 Å². The first-order chi connectivity index (χ1) is 11.8. The fraction of sp³-hybridized carbons (Fsp3) is 0.278. The van der Waals surface area contributed by atoms with E-state index in [0.29, 0.717) is 18.5 Å². The molecule has 0 atom stereocenters. The van der Waals surface area contributed by atoms with Crippen molar-refractivity contribution in [3.8, 4) is 0 Å². The number of benzene rings is 2. The first-order valence-electron chi connectivity index (χ1n) is 7.93. The van der Waals surface area contributed by atoms with Gasteiger partial charge >= 0.3 is 0 Å². The molecule has 2 rings (SSSR count). The average Bonchev–Trinajstić information content (AvgIpc) is 2.54. The lowest BCUT2D eigenvalue weighted by Gasteiger charge is -2.10. The van der Waals surface area contributed by atoms with Crippen molar-refractivity contribution in [3.63, 3.8) is 0 Å². The van der Waals surface area contributed by atoms with Gasteiger partial charge in [0.1, 0.15) is 5.82 Å². The van der Waals surface area contributed by atoms with Gasteiger partial charge in [-0.3, -0.25) is 4.79 Å². The summed E-state index contributed by atoms with van der Waals surface area (Å²) in [6.45, 7) is 3.83. The maximum atomic E-state index is 13.1. The minimum Gasteiger partial charge on any atom is -0.352 e. The summed E-state index contributed by atoms with van der Waals surface area (Å²) in [5.41, 5.74) is 1.16. The molecular formula is C18H21FN2O3S. The molecule has 0 fully saturated rings. The van der Waals surface area contributed by atoms with Gasteiger partial charge in [0.15, 0.2) is 0 Å². The molecule has 0 bridgehead atoms. The van der Waals surface area contributed by atoms with Gasteiger partial charge in [-0.25, -0.2) is 17.5 Å². The molecule has 0 saturated carbocycles. The highest BCUT2D eigenvalue weighted by atomic mass is 32.2. The van der Waals surface area contributed by atoms with Crippen molar-refractivity contribution < 1.29 is 17.6 Å². The summed E-state index contributed by atoms with van der Waals surface area (Å²) in [4.78, 5) is 12.2. The van der Waals surface area contributed by atoms with Crippen molar-refractivity contribution in [2.45, 2.75) is 31.2 Å². The van der Waals surface area contributed by atoms with Gasteiger partial charge in [-0.2, -0.15) is 0 Å². The van der Waals surface area contributed by atoms with Crippen molar-refractivity contribution in [2.75, 3.05) is 6.54 Å². The summed E-state index contributed by atoms with van der Waals surface area (Å²) in [7, 11) is -3.58. The normalized spacial score (nSPS) is 11.5. The number of carbonyl (C=O) groups is 1. The predicted octanol–water partition coefficient (Wildman–Crippen LogP) is 2.48. The number of halogens is 1. The van der Waals surface area contributed by atoms with Gasteiger partial charge in [-0.1, -0.05) is 12.1 Å². The fourth-order valence-electron chi connectivity index (χ4n) is 2.28. The van der Waals surface area contributed by atoms with E-state index in [-0.39, 0.29) is 22.7 Å². The van der Waals surface area contributed by atoms with Crippen molar-refractivity contribution in [3.05, 3.63) is 65.5 Å². The Kier molecular flexibility index (Phi) is 6.27. The van der Waals surface area contributed by atoms with E-state index in [4.69, 9.17) is 0 Å². The van der Waals surface area contributed by atoms with Crippen LogP contribution in [0.15, 0.2) is 53.4 Å². The lowest BCUT2D eigenvalue weighted by atomic mass is 10.1. The van der Waals surface area contributed by atoms with Crippen molar-refractivity contribution in [1.29, 1.82) is 0 Å². The summed E-state index contributed by atoms with van der Waals surface area (Å²) in [5.74, 6) is -0.618. The number of nitrogens with one attached hydrogen (secondary N) is 2. The molecule has 0 aromatic heterocycles. The molecule has 0 radical (unpaired) electrons. The third-order valence-corrected chi connectivity index (χ3v) is 5.08. The Bertz CT molecular complexity index is 834. The number of rotatable bonds is 7. The van der Waals surface area contributed by atoms with E-state index in [0.717, 1.165) is 5.56 Å². The zero-order valence-electron chi connectivity index (χ0n) is 14.1. The lowest BCUT2D eigenvalue weighted by Crippen LogP contribution is -2.30. The first-order valence-corrected chi connectivity index (χ1v) is 9.41. The van der Waals surface area contributed by atoms with Crippen LogP contribution in [0.25, 0.3) is 0 Å². The Balaban J connectivity index is 1.94. The Labute approximate surface area is 147 Å². The molecule has 0 aliphatic heterocycles. The van der Waals surface area contributed by atoms with Crippen LogP contribution in [0.2, 0.25) is 0 Å². The highest BCUT2D eigenvalue weighted by Crippen LogP contribution is 2.11. The minimum atomic E-state index is -3.58. The van der Waals surface area contributed by atoms with Crippen LogP contribution in [0.5, 0.6) is 0 Å². The second-order valence-corrected chi connectivity index (χ2v) is 7.65. The zero-order valence-corrected chi connectivity index (χ0v) is 14.9. The Morgan fingerprint density at radius 1 is 1.12 bits per heavy atom. The van der Waals surface area contributed by atoms with Crippen molar-refractivity contribution in [2.24, 2.45) is 0 Å².